The Morgan fingerprint density at radius 3 is 2.33 bits per heavy atom. The van der Waals surface area contributed by atoms with Crippen LogP contribution in [0.15, 0.2) is 23.2 Å². The third-order valence-corrected chi connectivity index (χ3v) is 6.84. The van der Waals surface area contributed by atoms with Crippen LogP contribution in [0.2, 0.25) is 5.02 Å². The number of benzene rings is 1. The van der Waals surface area contributed by atoms with Crippen LogP contribution in [-0.4, -0.2) is 58.8 Å². The average Bonchev–Trinajstić information content (AvgIpc) is 3.32. The molecule has 0 atom stereocenters. The summed E-state index contributed by atoms with van der Waals surface area (Å²) in [6.45, 7) is -1.24. The zero-order valence-corrected chi connectivity index (χ0v) is 22.2. The molecule has 0 saturated carbocycles. The summed E-state index contributed by atoms with van der Waals surface area (Å²) in [5.41, 5.74) is -2.49. The van der Waals surface area contributed by atoms with E-state index in [2.05, 4.69) is 14.9 Å². The number of ketones is 1. The topological polar surface area (TPSA) is 122 Å². The average molecular weight is 599 g/mol. The van der Waals surface area contributed by atoms with Crippen LogP contribution in [0.5, 0.6) is 5.88 Å². The Kier molecular flexibility index (Phi) is 8.52. The van der Waals surface area contributed by atoms with Gasteiger partial charge in [0.2, 0.25) is 11.7 Å². The molecule has 0 aliphatic heterocycles. The van der Waals surface area contributed by atoms with Crippen LogP contribution in [0.3, 0.4) is 0 Å². The molecule has 2 aromatic heterocycles. The summed E-state index contributed by atoms with van der Waals surface area (Å²) in [5.74, 6) is -2.66. The van der Waals surface area contributed by atoms with Crippen molar-refractivity contribution < 1.29 is 49.4 Å². The van der Waals surface area contributed by atoms with E-state index >= 15 is 0 Å². The largest absolute Gasteiger partial charge is 0.411 e. The minimum absolute atomic E-state index is 0.0173. The van der Waals surface area contributed by atoms with Crippen LogP contribution < -0.4 is 4.74 Å². The molecule has 17 heteroatoms. The fourth-order valence-electron chi connectivity index (χ4n) is 3.65. The van der Waals surface area contributed by atoms with E-state index < -0.39 is 80.0 Å². The van der Waals surface area contributed by atoms with Gasteiger partial charge >= 0.3 is 12.1 Å². The van der Waals surface area contributed by atoms with E-state index in [1.54, 1.807) is 0 Å². The maximum atomic E-state index is 13.5. The SMILES string of the molecule is Cc1nn(C)c(OC(=O)c2cn(C)nc2C(F)F)c1C(=O)c1ccc(S(C)(=O)=O)c(COCC(F)(F)F)c1Cl. The molecule has 0 amide bonds. The van der Waals surface area contributed by atoms with E-state index in [0.29, 0.717) is 0 Å². The molecule has 3 aromatic rings. The lowest BCUT2D eigenvalue weighted by Gasteiger charge is -2.15. The van der Waals surface area contributed by atoms with Crippen molar-refractivity contribution in [1.82, 2.24) is 19.6 Å². The lowest BCUT2D eigenvalue weighted by atomic mass is 10.0. The molecule has 1 aromatic carbocycles. The molecule has 0 unspecified atom stereocenters. The van der Waals surface area contributed by atoms with Crippen molar-refractivity contribution in [3.05, 3.63) is 57.0 Å². The van der Waals surface area contributed by atoms with Crippen molar-refractivity contribution in [2.75, 3.05) is 12.9 Å². The number of aromatic nitrogens is 4. The molecule has 10 nitrogen and oxygen atoms in total. The number of aryl methyl sites for hydroxylation is 3. The highest BCUT2D eigenvalue weighted by atomic mass is 35.5. The quantitative estimate of drug-likeness (QED) is 0.206. The van der Waals surface area contributed by atoms with Gasteiger partial charge in [-0.05, 0) is 19.1 Å². The Labute approximate surface area is 223 Å². The highest BCUT2D eigenvalue weighted by Crippen LogP contribution is 2.34. The first-order valence-electron chi connectivity index (χ1n) is 10.7. The zero-order valence-electron chi connectivity index (χ0n) is 20.6. The molecule has 0 N–H and O–H groups in total. The molecule has 0 aliphatic carbocycles. The molecule has 212 valence electrons. The van der Waals surface area contributed by atoms with Crippen LogP contribution in [0.25, 0.3) is 0 Å². The summed E-state index contributed by atoms with van der Waals surface area (Å²) in [4.78, 5) is 25.8. The number of ether oxygens (including phenoxy) is 2. The lowest BCUT2D eigenvalue weighted by molar-refractivity contribution is -0.176. The van der Waals surface area contributed by atoms with Gasteiger partial charge in [0, 0.05) is 37.7 Å². The summed E-state index contributed by atoms with van der Waals surface area (Å²) in [5, 5.41) is 7.02. The van der Waals surface area contributed by atoms with Gasteiger partial charge in [-0.1, -0.05) is 11.6 Å². The second-order valence-corrected chi connectivity index (χ2v) is 10.7. The van der Waals surface area contributed by atoms with Gasteiger partial charge < -0.3 is 9.47 Å². The third-order valence-electron chi connectivity index (χ3n) is 5.23. The van der Waals surface area contributed by atoms with Gasteiger partial charge in [0.1, 0.15) is 23.4 Å². The Hall–Kier alpha value is -3.37. The molecule has 0 bridgehead atoms. The molecule has 0 saturated heterocycles. The van der Waals surface area contributed by atoms with E-state index in [1.165, 1.54) is 21.0 Å². The molecule has 3 rings (SSSR count). The molecule has 2 heterocycles. The fraction of sp³-hybridized carbons (Fsp3) is 0.364. The van der Waals surface area contributed by atoms with E-state index in [0.717, 1.165) is 33.9 Å². The number of carbonyl (C=O) groups is 2. The highest BCUT2D eigenvalue weighted by Gasteiger charge is 2.32. The second-order valence-electron chi connectivity index (χ2n) is 8.29. The minimum Gasteiger partial charge on any atom is -0.403 e. The van der Waals surface area contributed by atoms with Crippen molar-refractivity contribution in [3.63, 3.8) is 0 Å². The van der Waals surface area contributed by atoms with Crippen LogP contribution in [-0.2, 0) is 35.3 Å². The number of nitrogens with zero attached hydrogens (tertiary/aromatic N) is 4. The standard InChI is InChI=1S/C22H20ClF5N4O6S/c1-10-15(20(32(3)29-10)38-21(34)12-7-31(2)30-17(12)19(24)25)18(33)11-5-6-14(39(4,35)36)13(16(11)23)8-37-9-22(26,27)28/h5-7,19H,8-9H2,1-4H3. The van der Waals surface area contributed by atoms with Crippen molar-refractivity contribution in [2.45, 2.75) is 31.0 Å². The number of rotatable bonds is 9. The summed E-state index contributed by atoms with van der Waals surface area (Å²) >= 11 is 6.31. The second kappa shape index (κ2) is 11.0. The number of sulfone groups is 1. The number of hydrogen-bond acceptors (Lipinski definition) is 8. The van der Waals surface area contributed by atoms with Crippen LogP contribution in [0.1, 0.15) is 49.7 Å². The molecule has 0 fully saturated rings. The van der Waals surface area contributed by atoms with Gasteiger partial charge in [-0.15, -0.1) is 0 Å². The van der Waals surface area contributed by atoms with E-state index in [9.17, 15) is 40.0 Å². The number of halogens is 6. The van der Waals surface area contributed by atoms with Crippen LogP contribution in [0, 0.1) is 6.92 Å². The first-order chi connectivity index (χ1) is 17.9. The number of hydrogen-bond donors (Lipinski definition) is 0. The number of esters is 1. The number of alkyl halides is 5. The maximum Gasteiger partial charge on any atom is 0.411 e. The molecular formula is C22H20ClF5N4O6S. The summed E-state index contributed by atoms with van der Waals surface area (Å²) < 4.78 is 101. The molecule has 0 radical (unpaired) electrons. The Balaban J connectivity index is 2.06. The first-order valence-corrected chi connectivity index (χ1v) is 13.0. The summed E-state index contributed by atoms with van der Waals surface area (Å²) in [7, 11) is -1.40. The van der Waals surface area contributed by atoms with Gasteiger partial charge in [0.05, 0.1) is 22.2 Å². The minimum atomic E-state index is -4.71. The van der Waals surface area contributed by atoms with E-state index in [-0.39, 0.29) is 16.8 Å². The number of carbonyl (C=O) groups excluding carboxylic acids is 2. The highest BCUT2D eigenvalue weighted by molar-refractivity contribution is 7.90. The van der Waals surface area contributed by atoms with Gasteiger partial charge in [0.15, 0.2) is 9.84 Å². The monoisotopic (exact) mass is 598 g/mol. The Bertz CT molecular complexity index is 1550. The third kappa shape index (κ3) is 6.62. The zero-order chi connectivity index (χ0) is 29.4. The summed E-state index contributed by atoms with van der Waals surface area (Å²) in [6.07, 6.45) is -6.02. The van der Waals surface area contributed by atoms with E-state index in [4.69, 9.17) is 16.3 Å². The molecule has 0 aliphatic rings. The Morgan fingerprint density at radius 1 is 1.13 bits per heavy atom. The van der Waals surface area contributed by atoms with Crippen molar-refractivity contribution >= 4 is 33.2 Å². The predicted octanol–water partition coefficient (Wildman–Crippen LogP) is 3.99. The molecular weight excluding hydrogens is 579 g/mol. The van der Waals surface area contributed by atoms with Crippen molar-refractivity contribution in [3.8, 4) is 5.88 Å². The maximum absolute atomic E-state index is 13.5. The van der Waals surface area contributed by atoms with Gasteiger partial charge in [0.25, 0.3) is 6.43 Å². The fourth-order valence-corrected chi connectivity index (χ4v) is 4.93. The predicted molar refractivity (Wildman–Crippen MR) is 125 cm³/mol. The molecule has 39 heavy (non-hydrogen) atoms. The summed E-state index contributed by atoms with van der Waals surface area (Å²) in [6, 6.07) is 2.00. The van der Waals surface area contributed by atoms with Crippen LogP contribution >= 0.6 is 11.6 Å². The lowest BCUT2D eigenvalue weighted by Crippen LogP contribution is -2.18. The van der Waals surface area contributed by atoms with Crippen molar-refractivity contribution in [1.29, 1.82) is 0 Å². The van der Waals surface area contributed by atoms with E-state index in [1.807, 2.05) is 0 Å². The first kappa shape index (κ1) is 30.2. The van der Waals surface area contributed by atoms with Crippen molar-refractivity contribution in [2.24, 2.45) is 14.1 Å². The molecule has 0 spiro atoms. The Morgan fingerprint density at radius 2 is 1.77 bits per heavy atom. The van der Waals surface area contributed by atoms with Gasteiger partial charge in [-0.25, -0.2) is 26.7 Å². The normalized spacial score (nSPS) is 12.3. The smallest absolute Gasteiger partial charge is 0.403 e. The van der Waals surface area contributed by atoms with Crippen LogP contribution in [0.4, 0.5) is 22.0 Å². The van der Waals surface area contributed by atoms with Gasteiger partial charge in [-0.2, -0.15) is 23.4 Å². The van der Waals surface area contributed by atoms with Gasteiger partial charge in [-0.3, -0.25) is 9.48 Å².